The van der Waals surface area contributed by atoms with Crippen LogP contribution in [0.5, 0.6) is 0 Å². The van der Waals surface area contributed by atoms with E-state index in [0.29, 0.717) is 10.6 Å². The molecule has 0 atom stereocenters. The van der Waals surface area contributed by atoms with Crippen LogP contribution < -0.4 is 5.32 Å². The van der Waals surface area contributed by atoms with Crippen LogP contribution in [0.1, 0.15) is 70.2 Å². The van der Waals surface area contributed by atoms with E-state index in [4.69, 9.17) is 11.6 Å². The summed E-state index contributed by atoms with van der Waals surface area (Å²) >= 11 is 8.07. The van der Waals surface area contributed by atoms with Crippen LogP contribution in [0.2, 0.25) is 5.02 Å². The number of hydrogen-bond donors (Lipinski definition) is 1. The van der Waals surface area contributed by atoms with Crippen molar-refractivity contribution >= 4 is 29.3 Å². The maximum Gasteiger partial charge on any atom is 0.254 e. The van der Waals surface area contributed by atoms with E-state index in [1.165, 1.54) is 45.2 Å². The minimum absolute atomic E-state index is 0.0477. The van der Waals surface area contributed by atoms with Gasteiger partial charge in [-0.2, -0.15) is 0 Å². The lowest BCUT2D eigenvalue weighted by Gasteiger charge is -2.22. The number of rotatable bonds is 7. The van der Waals surface area contributed by atoms with Crippen molar-refractivity contribution in [2.24, 2.45) is 5.92 Å². The monoisotopic (exact) mass is 414 g/mol. The highest BCUT2D eigenvalue weighted by Crippen LogP contribution is 2.27. The quantitative estimate of drug-likeness (QED) is 0.416. The van der Waals surface area contributed by atoms with Crippen molar-refractivity contribution in [3.05, 3.63) is 28.8 Å². The van der Waals surface area contributed by atoms with E-state index in [1.807, 2.05) is 57.7 Å². The number of amides is 1. The third-order valence-corrected chi connectivity index (χ3v) is 5.70. The van der Waals surface area contributed by atoms with E-state index in [1.54, 1.807) is 19.0 Å². The van der Waals surface area contributed by atoms with Gasteiger partial charge < -0.3 is 10.2 Å². The molecule has 1 aromatic carbocycles. The summed E-state index contributed by atoms with van der Waals surface area (Å²) in [7, 11) is 3.48. The number of benzene rings is 1. The van der Waals surface area contributed by atoms with E-state index in [2.05, 4.69) is 5.32 Å². The van der Waals surface area contributed by atoms with Crippen LogP contribution in [-0.2, 0) is 0 Å². The second kappa shape index (κ2) is 16.3. The molecule has 1 amide bonds. The molecule has 0 spiro atoms. The Hall–Kier alpha value is -0.710. The van der Waals surface area contributed by atoms with E-state index in [-0.39, 0.29) is 5.91 Å². The molecule has 0 bridgehead atoms. The van der Waals surface area contributed by atoms with Gasteiger partial charge in [0.25, 0.3) is 5.91 Å². The predicted octanol–water partition coefficient (Wildman–Crippen LogP) is 6.36. The topological polar surface area (TPSA) is 32.3 Å². The van der Waals surface area contributed by atoms with Crippen molar-refractivity contribution in [2.45, 2.75) is 64.7 Å². The number of piperidine rings is 1. The first-order valence-corrected chi connectivity index (χ1v) is 11.8. The molecule has 1 fully saturated rings. The Morgan fingerprint density at radius 2 is 1.78 bits per heavy atom. The lowest BCUT2D eigenvalue weighted by Crippen LogP contribution is -2.27. The first-order chi connectivity index (χ1) is 13.1. The van der Waals surface area contributed by atoms with Gasteiger partial charge in [-0.1, -0.05) is 52.1 Å². The second-order valence-electron chi connectivity index (χ2n) is 6.38. The fourth-order valence-electron chi connectivity index (χ4n) is 2.90. The maximum atomic E-state index is 12.0. The van der Waals surface area contributed by atoms with E-state index >= 15 is 0 Å². The van der Waals surface area contributed by atoms with Gasteiger partial charge in [0.05, 0.1) is 10.6 Å². The molecule has 27 heavy (non-hydrogen) atoms. The van der Waals surface area contributed by atoms with Gasteiger partial charge >= 0.3 is 0 Å². The summed E-state index contributed by atoms with van der Waals surface area (Å²) in [6.45, 7) is 10.4. The molecule has 1 heterocycles. The lowest BCUT2D eigenvalue weighted by atomic mass is 9.93. The molecular formula is C22H39ClN2OS. The van der Waals surface area contributed by atoms with Gasteiger partial charge in [-0.3, -0.25) is 4.79 Å². The average molecular weight is 415 g/mol. The highest BCUT2D eigenvalue weighted by atomic mass is 35.5. The van der Waals surface area contributed by atoms with Crippen LogP contribution in [0.25, 0.3) is 0 Å². The molecule has 1 aliphatic heterocycles. The van der Waals surface area contributed by atoms with Crippen molar-refractivity contribution in [3.8, 4) is 0 Å². The number of unbranched alkanes of at least 4 members (excludes halogenated alkanes) is 1. The Balaban J connectivity index is 0.00000158. The van der Waals surface area contributed by atoms with Crippen LogP contribution in [0.3, 0.4) is 0 Å². The van der Waals surface area contributed by atoms with Crippen molar-refractivity contribution in [3.63, 3.8) is 0 Å². The largest absolute Gasteiger partial charge is 0.345 e. The molecule has 1 N–H and O–H groups in total. The number of halogens is 1. The molecule has 0 unspecified atom stereocenters. The van der Waals surface area contributed by atoms with E-state index in [0.717, 1.165) is 16.6 Å². The van der Waals surface area contributed by atoms with Crippen molar-refractivity contribution in [2.75, 3.05) is 32.9 Å². The Labute approximate surface area is 176 Å². The average Bonchev–Trinajstić information content (AvgIpc) is 2.71. The summed E-state index contributed by atoms with van der Waals surface area (Å²) in [5.74, 6) is 1.99. The Morgan fingerprint density at radius 1 is 1.15 bits per heavy atom. The standard InChI is InChI=1S/C18H27ClN2OS.2C2H6/c1-21(2)18(22)16-7-6-15(13-17(16)19)23-12-4-3-5-14-8-10-20-11-9-14;2*1-2/h6-7,13-14,20H,3-5,8-12H2,1-2H3;2*1-2H3. The highest BCUT2D eigenvalue weighted by molar-refractivity contribution is 7.99. The molecule has 0 radical (unpaired) electrons. The van der Waals surface area contributed by atoms with Crippen molar-refractivity contribution in [1.82, 2.24) is 10.2 Å². The Kier molecular flexibility index (Phi) is 15.8. The Bertz CT molecular complexity index is 517. The molecular weight excluding hydrogens is 376 g/mol. The molecule has 1 saturated heterocycles. The Morgan fingerprint density at radius 3 is 2.33 bits per heavy atom. The number of hydrogen-bond acceptors (Lipinski definition) is 3. The van der Waals surface area contributed by atoms with Gasteiger partial charge in [0.15, 0.2) is 0 Å². The molecule has 1 aromatic rings. The fraction of sp³-hybridized carbons (Fsp3) is 0.682. The summed E-state index contributed by atoms with van der Waals surface area (Å²) in [5.41, 5.74) is 0.576. The zero-order chi connectivity index (χ0) is 20.7. The number of carbonyl (C=O) groups is 1. The second-order valence-corrected chi connectivity index (χ2v) is 7.95. The lowest BCUT2D eigenvalue weighted by molar-refractivity contribution is 0.0827. The first kappa shape index (κ1) is 26.3. The van der Waals surface area contributed by atoms with Gasteiger partial charge in [-0.15, -0.1) is 11.8 Å². The number of carbonyl (C=O) groups excluding carboxylic acids is 1. The zero-order valence-electron chi connectivity index (χ0n) is 18.1. The summed E-state index contributed by atoms with van der Waals surface area (Å²) in [6, 6.07) is 5.75. The van der Waals surface area contributed by atoms with Crippen LogP contribution in [0.15, 0.2) is 23.1 Å². The predicted molar refractivity (Wildman–Crippen MR) is 122 cm³/mol. The van der Waals surface area contributed by atoms with Crippen LogP contribution >= 0.6 is 23.4 Å². The maximum absolute atomic E-state index is 12.0. The molecule has 0 saturated carbocycles. The minimum atomic E-state index is -0.0477. The van der Waals surface area contributed by atoms with Gasteiger partial charge in [0.1, 0.15) is 0 Å². The van der Waals surface area contributed by atoms with Crippen LogP contribution in [0.4, 0.5) is 0 Å². The molecule has 5 heteroatoms. The summed E-state index contributed by atoms with van der Waals surface area (Å²) in [5, 5.41) is 3.96. The van der Waals surface area contributed by atoms with Gasteiger partial charge in [-0.25, -0.2) is 0 Å². The molecule has 0 aromatic heterocycles. The number of thioether (sulfide) groups is 1. The van der Waals surface area contributed by atoms with Gasteiger partial charge in [-0.05, 0) is 62.2 Å². The van der Waals surface area contributed by atoms with Crippen molar-refractivity contribution in [1.29, 1.82) is 0 Å². The molecule has 156 valence electrons. The SMILES string of the molecule is CC.CC.CN(C)C(=O)c1ccc(SCCCCC2CCNCC2)cc1Cl. The molecule has 0 aliphatic carbocycles. The highest BCUT2D eigenvalue weighted by Gasteiger charge is 2.13. The van der Waals surface area contributed by atoms with Gasteiger partial charge in [0.2, 0.25) is 0 Å². The molecule has 2 rings (SSSR count). The molecule has 3 nitrogen and oxygen atoms in total. The van der Waals surface area contributed by atoms with E-state index in [9.17, 15) is 4.79 Å². The third kappa shape index (κ3) is 10.4. The van der Waals surface area contributed by atoms with Crippen molar-refractivity contribution < 1.29 is 4.79 Å². The summed E-state index contributed by atoms with van der Waals surface area (Å²) in [6.07, 6.45) is 6.58. The normalized spacial score (nSPS) is 13.7. The molecule has 1 aliphatic rings. The third-order valence-electron chi connectivity index (χ3n) is 4.31. The first-order valence-electron chi connectivity index (χ1n) is 10.4. The van der Waals surface area contributed by atoms with E-state index < -0.39 is 0 Å². The van der Waals surface area contributed by atoms with Crippen LogP contribution in [-0.4, -0.2) is 43.7 Å². The number of nitrogens with one attached hydrogen (secondary N) is 1. The number of nitrogens with zero attached hydrogens (tertiary/aromatic N) is 1. The fourth-order valence-corrected chi connectivity index (χ4v) is 4.17. The van der Waals surface area contributed by atoms with Crippen LogP contribution in [0, 0.1) is 5.92 Å². The smallest absolute Gasteiger partial charge is 0.254 e. The minimum Gasteiger partial charge on any atom is -0.345 e. The summed E-state index contributed by atoms with van der Waals surface area (Å²) < 4.78 is 0. The van der Waals surface area contributed by atoms with Gasteiger partial charge in [0, 0.05) is 19.0 Å². The summed E-state index contributed by atoms with van der Waals surface area (Å²) in [4.78, 5) is 14.7. The zero-order valence-corrected chi connectivity index (χ0v) is 19.7.